The number of rotatable bonds is 4. The summed E-state index contributed by atoms with van der Waals surface area (Å²) in [4.78, 5) is 2.18. The first-order valence-corrected chi connectivity index (χ1v) is 5.94. The standard InChI is InChI=1S/C13H19N3O/c1-16(9-12-3-2-8-17-12)11-6-4-10(5-7-11)13(14)15/h4-7,12H,2-3,8-9H2,1H3,(H3,14,15). The van der Waals surface area contributed by atoms with Crippen LogP contribution in [-0.2, 0) is 4.74 Å². The summed E-state index contributed by atoms with van der Waals surface area (Å²) >= 11 is 0. The van der Waals surface area contributed by atoms with Gasteiger partial charge >= 0.3 is 0 Å². The summed E-state index contributed by atoms with van der Waals surface area (Å²) in [5, 5.41) is 7.34. The molecule has 0 bridgehead atoms. The molecule has 2 rings (SSSR count). The summed E-state index contributed by atoms with van der Waals surface area (Å²) in [6, 6.07) is 7.74. The van der Waals surface area contributed by atoms with E-state index >= 15 is 0 Å². The van der Waals surface area contributed by atoms with Gasteiger partial charge in [0, 0.05) is 31.5 Å². The molecule has 1 aromatic rings. The minimum Gasteiger partial charge on any atom is -0.384 e. The van der Waals surface area contributed by atoms with Crippen molar-refractivity contribution in [2.75, 3.05) is 25.1 Å². The maximum Gasteiger partial charge on any atom is 0.122 e. The average molecular weight is 233 g/mol. The Morgan fingerprint density at radius 3 is 2.71 bits per heavy atom. The fourth-order valence-electron chi connectivity index (χ4n) is 2.09. The second-order valence-corrected chi connectivity index (χ2v) is 4.48. The number of hydrogen-bond acceptors (Lipinski definition) is 3. The summed E-state index contributed by atoms with van der Waals surface area (Å²) in [5.74, 6) is 0.110. The van der Waals surface area contributed by atoms with E-state index in [1.807, 2.05) is 24.3 Å². The van der Waals surface area contributed by atoms with Crippen molar-refractivity contribution in [1.29, 1.82) is 5.41 Å². The van der Waals surface area contributed by atoms with Gasteiger partial charge in [0.05, 0.1) is 6.10 Å². The van der Waals surface area contributed by atoms with Crippen molar-refractivity contribution in [2.45, 2.75) is 18.9 Å². The SMILES string of the molecule is CN(CC1CCCO1)c1ccc(C(=N)N)cc1. The number of benzene rings is 1. The molecular weight excluding hydrogens is 214 g/mol. The Morgan fingerprint density at radius 1 is 1.47 bits per heavy atom. The van der Waals surface area contributed by atoms with E-state index in [1.165, 1.54) is 6.42 Å². The summed E-state index contributed by atoms with van der Waals surface area (Å²) < 4.78 is 5.61. The van der Waals surface area contributed by atoms with Crippen LogP contribution in [0, 0.1) is 5.41 Å². The summed E-state index contributed by atoms with van der Waals surface area (Å²) in [7, 11) is 2.06. The molecule has 4 heteroatoms. The van der Waals surface area contributed by atoms with Gasteiger partial charge in [0.2, 0.25) is 0 Å². The molecule has 1 unspecified atom stereocenters. The van der Waals surface area contributed by atoms with Crippen LogP contribution in [0.3, 0.4) is 0 Å². The molecule has 1 heterocycles. The monoisotopic (exact) mass is 233 g/mol. The first-order chi connectivity index (χ1) is 8.16. The van der Waals surface area contributed by atoms with Gasteiger partial charge in [-0.15, -0.1) is 0 Å². The van der Waals surface area contributed by atoms with Crippen LogP contribution < -0.4 is 10.6 Å². The summed E-state index contributed by atoms with van der Waals surface area (Å²) in [6.45, 7) is 1.81. The van der Waals surface area contributed by atoms with Crippen molar-refractivity contribution >= 4 is 11.5 Å². The Morgan fingerprint density at radius 2 is 2.18 bits per heavy atom. The Balaban J connectivity index is 1.98. The highest BCUT2D eigenvalue weighted by atomic mass is 16.5. The molecule has 1 aliphatic heterocycles. The Kier molecular flexibility index (Phi) is 3.64. The maximum atomic E-state index is 7.34. The normalized spacial score (nSPS) is 19.2. The lowest BCUT2D eigenvalue weighted by Crippen LogP contribution is -2.28. The van der Waals surface area contributed by atoms with E-state index < -0.39 is 0 Å². The number of likely N-dealkylation sites (N-methyl/N-ethyl adjacent to an activating group) is 1. The molecule has 1 saturated heterocycles. The van der Waals surface area contributed by atoms with Crippen molar-refractivity contribution in [1.82, 2.24) is 0 Å². The molecular formula is C13H19N3O. The maximum absolute atomic E-state index is 7.34. The minimum absolute atomic E-state index is 0.110. The van der Waals surface area contributed by atoms with Gasteiger partial charge in [0.15, 0.2) is 0 Å². The molecule has 1 fully saturated rings. The third kappa shape index (κ3) is 2.97. The molecule has 0 aromatic heterocycles. The molecule has 0 radical (unpaired) electrons. The molecule has 92 valence electrons. The van der Waals surface area contributed by atoms with Crippen molar-refractivity contribution in [2.24, 2.45) is 5.73 Å². The topological polar surface area (TPSA) is 62.3 Å². The zero-order chi connectivity index (χ0) is 12.3. The Labute approximate surface area is 102 Å². The summed E-state index contributed by atoms with van der Waals surface area (Å²) in [5.41, 5.74) is 7.31. The lowest BCUT2D eigenvalue weighted by Gasteiger charge is -2.22. The Hall–Kier alpha value is -1.55. The average Bonchev–Trinajstić information content (AvgIpc) is 2.82. The van der Waals surface area contributed by atoms with Gasteiger partial charge in [-0.3, -0.25) is 5.41 Å². The van der Waals surface area contributed by atoms with Gasteiger partial charge in [-0.1, -0.05) is 0 Å². The fraction of sp³-hybridized carbons (Fsp3) is 0.462. The smallest absolute Gasteiger partial charge is 0.122 e. The molecule has 1 aromatic carbocycles. The number of ether oxygens (including phenoxy) is 1. The molecule has 4 nitrogen and oxygen atoms in total. The molecule has 0 aliphatic carbocycles. The van der Waals surface area contributed by atoms with E-state index in [1.54, 1.807) is 0 Å². The van der Waals surface area contributed by atoms with Crippen LogP contribution in [0.1, 0.15) is 18.4 Å². The second kappa shape index (κ2) is 5.19. The first-order valence-electron chi connectivity index (χ1n) is 5.94. The van der Waals surface area contributed by atoms with E-state index in [9.17, 15) is 0 Å². The largest absolute Gasteiger partial charge is 0.384 e. The fourth-order valence-corrected chi connectivity index (χ4v) is 2.09. The molecule has 1 aliphatic rings. The lowest BCUT2D eigenvalue weighted by atomic mass is 10.1. The zero-order valence-electron chi connectivity index (χ0n) is 10.1. The quantitative estimate of drug-likeness (QED) is 0.613. The van der Waals surface area contributed by atoms with Crippen LogP contribution in [0.5, 0.6) is 0 Å². The highest BCUT2D eigenvalue weighted by molar-refractivity contribution is 5.95. The van der Waals surface area contributed by atoms with Gasteiger partial charge in [0.25, 0.3) is 0 Å². The minimum atomic E-state index is 0.110. The van der Waals surface area contributed by atoms with Crippen molar-refractivity contribution in [3.63, 3.8) is 0 Å². The van der Waals surface area contributed by atoms with Crippen LogP contribution in [0.2, 0.25) is 0 Å². The van der Waals surface area contributed by atoms with Crippen LogP contribution in [0.25, 0.3) is 0 Å². The number of nitrogens with two attached hydrogens (primary N) is 1. The van der Waals surface area contributed by atoms with Crippen LogP contribution in [-0.4, -0.2) is 32.1 Å². The second-order valence-electron chi connectivity index (χ2n) is 4.48. The van der Waals surface area contributed by atoms with Gasteiger partial charge < -0.3 is 15.4 Å². The number of nitrogen functional groups attached to an aromatic ring is 1. The first kappa shape index (κ1) is 11.9. The van der Waals surface area contributed by atoms with Gasteiger partial charge in [-0.05, 0) is 37.1 Å². The zero-order valence-corrected chi connectivity index (χ0v) is 10.1. The predicted octanol–water partition coefficient (Wildman–Crippen LogP) is 1.59. The van der Waals surface area contributed by atoms with E-state index in [-0.39, 0.29) is 5.84 Å². The number of nitrogens with zero attached hydrogens (tertiary/aromatic N) is 1. The van der Waals surface area contributed by atoms with E-state index in [0.717, 1.165) is 30.8 Å². The number of amidine groups is 1. The third-order valence-electron chi connectivity index (χ3n) is 3.12. The van der Waals surface area contributed by atoms with Crippen LogP contribution in [0.15, 0.2) is 24.3 Å². The van der Waals surface area contributed by atoms with E-state index in [2.05, 4.69) is 11.9 Å². The van der Waals surface area contributed by atoms with Crippen LogP contribution in [0.4, 0.5) is 5.69 Å². The molecule has 0 spiro atoms. The van der Waals surface area contributed by atoms with Crippen LogP contribution >= 0.6 is 0 Å². The van der Waals surface area contributed by atoms with E-state index in [4.69, 9.17) is 15.9 Å². The van der Waals surface area contributed by atoms with Crippen molar-refractivity contribution < 1.29 is 4.74 Å². The van der Waals surface area contributed by atoms with Crippen molar-refractivity contribution in [3.8, 4) is 0 Å². The number of hydrogen-bond donors (Lipinski definition) is 2. The number of anilines is 1. The van der Waals surface area contributed by atoms with E-state index in [0.29, 0.717) is 6.10 Å². The Bertz CT molecular complexity index is 382. The molecule has 17 heavy (non-hydrogen) atoms. The third-order valence-corrected chi connectivity index (χ3v) is 3.12. The lowest BCUT2D eigenvalue weighted by molar-refractivity contribution is 0.116. The number of nitrogens with one attached hydrogen (secondary N) is 1. The summed E-state index contributed by atoms with van der Waals surface area (Å²) in [6.07, 6.45) is 2.67. The molecule has 0 saturated carbocycles. The molecule has 1 atom stereocenters. The van der Waals surface area contributed by atoms with Gasteiger partial charge in [-0.2, -0.15) is 0 Å². The highest BCUT2D eigenvalue weighted by Crippen LogP contribution is 2.18. The van der Waals surface area contributed by atoms with Crippen molar-refractivity contribution in [3.05, 3.63) is 29.8 Å². The van der Waals surface area contributed by atoms with Gasteiger partial charge in [0.1, 0.15) is 5.84 Å². The predicted molar refractivity (Wildman–Crippen MR) is 69.7 cm³/mol. The molecule has 0 amide bonds. The molecule has 3 N–H and O–H groups in total. The highest BCUT2D eigenvalue weighted by Gasteiger charge is 2.17. The van der Waals surface area contributed by atoms with Gasteiger partial charge in [-0.25, -0.2) is 0 Å².